The summed E-state index contributed by atoms with van der Waals surface area (Å²) >= 11 is 0. The maximum Gasteiger partial charge on any atom is 0.435 e. The van der Waals surface area contributed by atoms with Gasteiger partial charge in [-0.1, -0.05) is 13.8 Å². The molecule has 0 radical (unpaired) electrons. The van der Waals surface area contributed by atoms with E-state index in [1.807, 2.05) is 6.92 Å². The number of guanidine groups is 1. The molecule has 25 heavy (non-hydrogen) atoms. The van der Waals surface area contributed by atoms with Crippen LogP contribution in [0.15, 0.2) is 11.2 Å². The maximum atomic E-state index is 13.0. The van der Waals surface area contributed by atoms with Gasteiger partial charge in [-0.3, -0.25) is 4.68 Å². The van der Waals surface area contributed by atoms with Crippen LogP contribution in [0.3, 0.4) is 0 Å². The Morgan fingerprint density at radius 3 is 2.44 bits per heavy atom. The Hall–Kier alpha value is -1.00. The van der Waals surface area contributed by atoms with Gasteiger partial charge in [0.15, 0.2) is 11.7 Å². The van der Waals surface area contributed by atoms with Crippen LogP contribution in [0.4, 0.5) is 13.2 Å². The summed E-state index contributed by atoms with van der Waals surface area (Å²) in [5.41, 5.74) is -0.761. The van der Waals surface area contributed by atoms with Crippen molar-refractivity contribution in [2.45, 2.75) is 39.9 Å². The molecule has 1 aliphatic heterocycles. The number of hydrogen-bond acceptors (Lipinski definition) is 2. The number of rotatable bonds is 3. The summed E-state index contributed by atoms with van der Waals surface area (Å²) in [4.78, 5) is 6.59. The number of aryl methyl sites for hydroxylation is 1. The third-order valence-electron chi connectivity index (χ3n) is 4.08. The first kappa shape index (κ1) is 22.0. The maximum absolute atomic E-state index is 13.0. The van der Waals surface area contributed by atoms with Crippen molar-refractivity contribution in [2.75, 3.05) is 19.6 Å². The molecule has 1 N–H and O–H groups in total. The fourth-order valence-corrected chi connectivity index (χ4v) is 3.31. The summed E-state index contributed by atoms with van der Waals surface area (Å²) < 4.78 is 40.3. The average Bonchev–Trinajstić information content (AvgIpc) is 2.83. The number of aliphatic imine (C=N–C) groups is 1. The van der Waals surface area contributed by atoms with Gasteiger partial charge in [-0.25, -0.2) is 4.99 Å². The van der Waals surface area contributed by atoms with Crippen LogP contribution in [0.2, 0.25) is 0 Å². The smallest absolute Gasteiger partial charge is 0.357 e. The lowest BCUT2D eigenvalue weighted by atomic mass is 9.92. The molecule has 144 valence electrons. The molecule has 1 aromatic heterocycles. The number of aromatic nitrogens is 2. The van der Waals surface area contributed by atoms with Crippen LogP contribution in [0.25, 0.3) is 0 Å². The van der Waals surface area contributed by atoms with Gasteiger partial charge in [0.1, 0.15) is 0 Å². The second-order valence-corrected chi connectivity index (χ2v) is 6.70. The molecule has 0 amide bonds. The van der Waals surface area contributed by atoms with E-state index >= 15 is 0 Å². The Kier molecular flexibility index (Phi) is 8.01. The lowest BCUT2D eigenvalue weighted by Gasteiger charge is -2.37. The minimum Gasteiger partial charge on any atom is -0.357 e. The molecule has 1 fully saturated rings. The monoisotopic (exact) mass is 473 g/mol. The van der Waals surface area contributed by atoms with E-state index in [1.54, 1.807) is 0 Å². The number of piperidine rings is 1. The van der Waals surface area contributed by atoms with E-state index in [0.717, 1.165) is 19.5 Å². The molecule has 2 heterocycles. The predicted octanol–water partition coefficient (Wildman–Crippen LogP) is 3.50. The van der Waals surface area contributed by atoms with Gasteiger partial charge < -0.3 is 10.2 Å². The molecule has 0 spiro atoms. The minimum absolute atomic E-state index is 0. The van der Waals surface area contributed by atoms with Gasteiger partial charge in [-0.2, -0.15) is 18.3 Å². The van der Waals surface area contributed by atoms with Crippen LogP contribution in [-0.4, -0.2) is 40.3 Å². The van der Waals surface area contributed by atoms with E-state index in [2.05, 4.69) is 34.2 Å². The Morgan fingerprint density at radius 1 is 1.32 bits per heavy atom. The lowest BCUT2D eigenvalue weighted by molar-refractivity contribution is -0.142. The molecule has 5 nitrogen and oxygen atoms in total. The molecule has 2 unspecified atom stereocenters. The topological polar surface area (TPSA) is 45.5 Å². The van der Waals surface area contributed by atoms with Gasteiger partial charge in [0, 0.05) is 38.4 Å². The van der Waals surface area contributed by atoms with Gasteiger partial charge >= 0.3 is 6.18 Å². The highest BCUT2D eigenvalue weighted by atomic mass is 127. The largest absolute Gasteiger partial charge is 0.435 e. The minimum atomic E-state index is -4.46. The normalized spacial score (nSPS) is 21.9. The van der Waals surface area contributed by atoms with Gasteiger partial charge in [0.25, 0.3) is 0 Å². The Morgan fingerprint density at radius 2 is 1.92 bits per heavy atom. The molecule has 0 saturated carbocycles. The Labute approximate surface area is 164 Å². The first-order valence-electron chi connectivity index (χ1n) is 8.33. The fourth-order valence-electron chi connectivity index (χ4n) is 3.31. The van der Waals surface area contributed by atoms with Crippen LogP contribution < -0.4 is 5.32 Å². The zero-order valence-electron chi connectivity index (χ0n) is 15.1. The Bertz CT molecular complexity index is 575. The van der Waals surface area contributed by atoms with Crippen LogP contribution in [-0.2, 0) is 19.8 Å². The van der Waals surface area contributed by atoms with Crippen LogP contribution >= 0.6 is 24.0 Å². The second-order valence-electron chi connectivity index (χ2n) is 6.70. The number of likely N-dealkylation sites (tertiary alicyclic amines) is 1. The molecule has 0 aliphatic carbocycles. The Balaban J connectivity index is 0.00000312. The standard InChI is InChI=1S/C16H26F3N5.HI/c1-5-20-15(24-8-11(2)6-12(3)9-24)21-7-13-10-23(4)22-14(13)16(17,18)19;/h10-12H,5-9H2,1-4H3,(H,20,21);1H. The molecule has 1 aliphatic rings. The van der Waals surface area contributed by atoms with Crippen molar-refractivity contribution in [1.29, 1.82) is 0 Å². The van der Waals surface area contributed by atoms with Crippen molar-refractivity contribution in [3.63, 3.8) is 0 Å². The van der Waals surface area contributed by atoms with Gasteiger partial charge in [0.05, 0.1) is 6.54 Å². The predicted molar refractivity (Wildman–Crippen MR) is 103 cm³/mol. The molecule has 0 aromatic carbocycles. The highest BCUT2D eigenvalue weighted by Gasteiger charge is 2.36. The summed E-state index contributed by atoms with van der Waals surface area (Å²) in [5.74, 6) is 1.76. The number of halogens is 4. The molecular weight excluding hydrogens is 446 g/mol. The lowest BCUT2D eigenvalue weighted by Crippen LogP contribution is -2.48. The summed E-state index contributed by atoms with van der Waals surface area (Å²) in [6.07, 6.45) is -1.91. The van der Waals surface area contributed by atoms with E-state index < -0.39 is 11.9 Å². The number of nitrogens with zero attached hydrogens (tertiary/aromatic N) is 4. The third kappa shape index (κ3) is 6.03. The van der Waals surface area contributed by atoms with E-state index in [9.17, 15) is 13.2 Å². The van der Waals surface area contributed by atoms with Crippen molar-refractivity contribution >= 4 is 29.9 Å². The van der Waals surface area contributed by atoms with Crippen molar-refractivity contribution in [1.82, 2.24) is 20.0 Å². The summed E-state index contributed by atoms with van der Waals surface area (Å²) in [7, 11) is 1.49. The molecule has 0 bridgehead atoms. The first-order valence-corrected chi connectivity index (χ1v) is 8.33. The van der Waals surface area contributed by atoms with Crippen molar-refractivity contribution in [3.8, 4) is 0 Å². The number of nitrogens with one attached hydrogen (secondary N) is 1. The van der Waals surface area contributed by atoms with E-state index in [1.165, 1.54) is 17.9 Å². The molecule has 2 rings (SSSR count). The third-order valence-corrected chi connectivity index (χ3v) is 4.08. The van der Waals surface area contributed by atoms with E-state index in [-0.39, 0.29) is 36.1 Å². The van der Waals surface area contributed by atoms with Crippen LogP contribution in [0, 0.1) is 11.8 Å². The molecule has 1 saturated heterocycles. The van der Waals surface area contributed by atoms with Gasteiger partial charge in [-0.05, 0) is 25.2 Å². The SMILES string of the molecule is CCNC(=NCc1cn(C)nc1C(F)(F)F)N1CC(C)CC(C)C1.I. The van der Waals surface area contributed by atoms with Gasteiger partial charge in [0.2, 0.25) is 0 Å². The van der Waals surface area contributed by atoms with Crippen molar-refractivity contribution < 1.29 is 13.2 Å². The zero-order valence-corrected chi connectivity index (χ0v) is 17.4. The van der Waals surface area contributed by atoms with Crippen LogP contribution in [0.1, 0.15) is 38.4 Å². The molecule has 9 heteroatoms. The average molecular weight is 473 g/mol. The van der Waals surface area contributed by atoms with E-state index in [0.29, 0.717) is 24.3 Å². The highest BCUT2D eigenvalue weighted by Crippen LogP contribution is 2.31. The fraction of sp³-hybridized carbons (Fsp3) is 0.750. The van der Waals surface area contributed by atoms with Crippen molar-refractivity contribution in [3.05, 3.63) is 17.5 Å². The van der Waals surface area contributed by atoms with Crippen molar-refractivity contribution in [2.24, 2.45) is 23.9 Å². The summed E-state index contributed by atoms with van der Waals surface area (Å²) in [6.45, 7) is 8.72. The quantitative estimate of drug-likeness (QED) is 0.416. The second kappa shape index (κ2) is 9.09. The van der Waals surface area contributed by atoms with E-state index in [4.69, 9.17) is 0 Å². The summed E-state index contributed by atoms with van der Waals surface area (Å²) in [6, 6.07) is 0. The molecule has 1 aromatic rings. The first-order chi connectivity index (χ1) is 11.2. The van der Waals surface area contributed by atoms with Gasteiger partial charge in [-0.15, -0.1) is 24.0 Å². The zero-order chi connectivity index (χ0) is 17.9. The summed E-state index contributed by atoms with van der Waals surface area (Å²) in [5, 5.41) is 6.73. The molecular formula is C16H27F3IN5. The highest BCUT2D eigenvalue weighted by molar-refractivity contribution is 14.0. The number of alkyl halides is 3. The molecule has 2 atom stereocenters. The van der Waals surface area contributed by atoms with Crippen LogP contribution in [0.5, 0.6) is 0 Å². The number of hydrogen-bond donors (Lipinski definition) is 1.